The van der Waals surface area contributed by atoms with Gasteiger partial charge in [-0.2, -0.15) is 0 Å². The van der Waals surface area contributed by atoms with E-state index in [9.17, 15) is 107 Å². The van der Waals surface area contributed by atoms with Crippen molar-refractivity contribution >= 4 is 53.0 Å². The number of hydrogen-bond acceptors (Lipinski definition) is 42. The summed E-state index contributed by atoms with van der Waals surface area (Å²) in [4.78, 5) is 113. The Hall–Kier alpha value is -11.7. The van der Waals surface area contributed by atoms with Crippen LogP contribution in [0.15, 0.2) is 115 Å². The molecule has 49 heteroatoms. The zero-order valence-corrected chi connectivity index (χ0v) is 74.0. The number of carbonyl (C=O) groups is 7. The third-order valence-electron chi connectivity index (χ3n) is 25.3. The molecule has 48 nitrogen and oxygen atoms in total. The number of amides is 6. The molecule has 11 heterocycles. The maximum absolute atomic E-state index is 17.2. The van der Waals surface area contributed by atoms with Crippen molar-refractivity contribution in [2.24, 2.45) is 11.5 Å². The number of carbonyl (C=O) groups excluding carboxylic acids is 7. The van der Waals surface area contributed by atoms with Crippen LogP contribution in [0.3, 0.4) is 0 Å². The lowest BCUT2D eigenvalue weighted by atomic mass is 9.89. The quantitative estimate of drug-likeness (QED) is 0.0427. The number of esters is 1. The fourth-order valence-electron chi connectivity index (χ4n) is 17.4. The maximum Gasteiger partial charge on any atom is 0.333 e. The second-order valence-electron chi connectivity index (χ2n) is 34.6. The van der Waals surface area contributed by atoms with Crippen LogP contribution in [0.2, 0.25) is 5.02 Å². The molecule has 0 radical (unpaired) electrons. The van der Waals surface area contributed by atoms with Crippen LogP contribution in [0, 0.1) is 6.92 Å². The molecule has 7 aromatic carbocycles. The molecule has 11 aliphatic rings. The molecular weight excluding hydrogens is 1870 g/mol. The predicted octanol–water partition coefficient (Wildman–Crippen LogP) is -5.18. The van der Waals surface area contributed by atoms with Gasteiger partial charge in [-0.3, -0.25) is 28.8 Å². The topological polar surface area (TPSA) is 757 Å². The highest BCUT2D eigenvalue weighted by Gasteiger charge is 2.53. The van der Waals surface area contributed by atoms with E-state index in [1.54, 1.807) is 0 Å². The van der Waals surface area contributed by atoms with Gasteiger partial charge in [-0.1, -0.05) is 41.9 Å². The molecule has 11 aliphatic heterocycles. The van der Waals surface area contributed by atoms with Crippen molar-refractivity contribution in [1.29, 1.82) is 0 Å². The van der Waals surface area contributed by atoms with Gasteiger partial charge < -0.3 is 207 Å². The van der Waals surface area contributed by atoms with Gasteiger partial charge in [-0.25, -0.2) is 4.79 Å². The Labute approximate surface area is 790 Å². The summed E-state index contributed by atoms with van der Waals surface area (Å²) in [6.07, 6.45) is -47.5. The molecule has 139 heavy (non-hydrogen) atoms. The summed E-state index contributed by atoms with van der Waals surface area (Å²) in [6.45, 7) is -1.08. The summed E-state index contributed by atoms with van der Waals surface area (Å²) >= 11 is 7.47. The van der Waals surface area contributed by atoms with Gasteiger partial charge in [-0.15, -0.1) is 0 Å². The van der Waals surface area contributed by atoms with Gasteiger partial charge in [0.25, 0.3) is 0 Å². The molecule has 18 rings (SSSR count). The SMILES string of the molecule is COC(=O)C1NC(=O)C2NC(=O)C(NC(=O)C3NC(=O)C4NC(=O)C(Cc5ccc(cc5)Oc5cc3cc(c5OC3OC(COC5OC(CO)C(O)C(O)C5O)C(O)C(O)C3O)Oc3ccc(cc3Cl)C2OC2CC(N)C(O)C(C)O2)NC(=O)C(N)c2ccc(O)c(c2)Oc2cc4cc(OC3OC(CO)C(O)C(O)C3O)c2C)c2ccc(O)c(c2)-c2c(OC3OC(CO)C(O)C(O)C3O)cc(O)cc21. The van der Waals surface area contributed by atoms with E-state index in [0.717, 1.165) is 86.0 Å². The molecule has 0 spiro atoms. The lowest BCUT2D eigenvalue weighted by Gasteiger charge is -2.42. The minimum Gasteiger partial charge on any atom is -0.508 e. The van der Waals surface area contributed by atoms with Crippen LogP contribution in [0.5, 0.6) is 69.0 Å². The van der Waals surface area contributed by atoms with Gasteiger partial charge in [0.1, 0.15) is 180 Å². The number of aliphatic hydroxyl groups is 16. The van der Waals surface area contributed by atoms with Crippen LogP contribution in [0.4, 0.5) is 0 Å². The Kier molecular flexibility index (Phi) is 29.8. The molecule has 748 valence electrons. The van der Waals surface area contributed by atoms with Gasteiger partial charge in [0.15, 0.2) is 41.6 Å². The van der Waals surface area contributed by atoms with Crippen LogP contribution in [0.1, 0.15) is 94.2 Å². The molecule has 32 unspecified atom stereocenters. The third-order valence-corrected chi connectivity index (χ3v) is 25.6. The van der Waals surface area contributed by atoms with Gasteiger partial charge in [0.2, 0.25) is 60.1 Å². The largest absolute Gasteiger partial charge is 0.508 e. The second kappa shape index (κ2) is 41.2. The van der Waals surface area contributed by atoms with E-state index in [1.807, 2.05) is 0 Å². The van der Waals surface area contributed by atoms with E-state index in [2.05, 4.69) is 31.9 Å². The molecule has 6 amide bonds. The van der Waals surface area contributed by atoms with E-state index >= 15 is 24.0 Å². The Morgan fingerprint density at radius 3 is 1.58 bits per heavy atom. The minimum atomic E-state index is -2.57. The highest BCUT2D eigenvalue weighted by Crippen LogP contribution is 2.51. The van der Waals surface area contributed by atoms with Gasteiger partial charge in [-0.05, 0) is 126 Å². The molecule has 5 saturated heterocycles. The Balaban J connectivity index is 0.940. The molecule has 7 aromatic rings. The van der Waals surface area contributed by atoms with E-state index in [4.69, 9.17) is 89.4 Å². The van der Waals surface area contributed by atoms with Crippen LogP contribution in [0.25, 0.3) is 11.1 Å². The first-order chi connectivity index (χ1) is 66.2. The first-order valence-electron chi connectivity index (χ1n) is 43.6. The molecule has 29 N–H and O–H groups in total. The number of benzene rings is 7. The lowest BCUT2D eigenvalue weighted by molar-refractivity contribution is -0.323. The van der Waals surface area contributed by atoms with E-state index in [-0.39, 0.29) is 28.0 Å². The number of phenols is 3. The van der Waals surface area contributed by atoms with Crippen molar-refractivity contribution in [3.05, 3.63) is 165 Å². The molecule has 32 atom stereocenters. The summed E-state index contributed by atoms with van der Waals surface area (Å²) in [5.41, 5.74) is 9.76. The average Bonchev–Trinajstić information content (AvgIpc) is 0.753. The summed E-state index contributed by atoms with van der Waals surface area (Å²) < 4.78 is 86.5. The number of rotatable bonds is 15. The number of nitrogens with two attached hydrogens (primary N) is 2. The zero-order valence-electron chi connectivity index (χ0n) is 73.3. The van der Waals surface area contributed by atoms with Crippen molar-refractivity contribution in [2.75, 3.05) is 33.5 Å². The van der Waals surface area contributed by atoms with Crippen LogP contribution >= 0.6 is 11.6 Å². The number of halogens is 1. The molecule has 17 bridgehead atoms. The number of nitrogens with one attached hydrogen (secondary N) is 6. The van der Waals surface area contributed by atoms with Gasteiger partial charge >= 0.3 is 5.97 Å². The highest BCUT2D eigenvalue weighted by atomic mass is 35.5. The first-order valence-corrected chi connectivity index (χ1v) is 44.0. The molecular formula is C90H101ClN8O40. The van der Waals surface area contributed by atoms with Crippen molar-refractivity contribution < 1.29 is 197 Å². The number of ether oxygens (including phenoxy) is 14. The van der Waals surface area contributed by atoms with E-state index in [1.165, 1.54) is 50.2 Å². The number of hydrogen-bond donors (Lipinski definition) is 27. The number of methoxy groups -OCH3 is 1. The van der Waals surface area contributed by atoms with Crippen LogP contribution in [-0.2, 0) is 77.9 Å². The van der Waals surface area contributed by atoms with Crippen molar-refractivity contribution in [1.82, 2.24) is 31.9 Å². The average molecular weight is 1970 g/mol. The first kappa shape index (κ1) is 100. The smallest absolute Gasteiger partial charge is 0.333 e. The zero-order chi connectivity index (χ0) is 99.6. The Morgan fingerprint density at radius 1 is 0.460 bits per heavy atom. The number of aromatic hydroxyl groups is 3. The fourth-order valence-corrected chi connectivity index (χ4v) is 17.7. The summed E-state index contributed by atoms with van der Waals surface area (Å²) in [6, 6.07) is 4.52. The predicted molar refractivity (Wildman–Crippen MR) is 462 cm³/mol. The monoisotopic (exact) mass is 1970 g/mol. The van der Waals surface area contributed by atoms with Crippen molar-refractivity contribution in [3.63, 3.8) is 0 Å². The summed E-state index contributed by atoms with van der Waals surface area (Å²) in [7, 11) is 0.876. The van der Waals surface area contributed by atoms with Crippen molar-refractivity contribution in [2.45, 2.75) is 222 Å². The van der Waals surface area contributed by atoms with Gasteiger partial charge in [0, 0.05) is 47.2 Å². The summed E-state index contributed by atoms with van der Waals surface area (Å²) in [5.74, 6) is -16.9. The minimum absolute atomic E-state index is 0.0290. The maximum atomic E-state index is 17.2. The second-order valence-corrected chi connectivity index (χ2v) is 35.0. The molecule has 0 aromatic heterocycles. The third kappa shape index (κ3) is 20.3. The standard InChI is InChI=1S/C90H101ClN8O40/c1-29-47-18-35(19-48(29)132-88-75(116)71(112)67(108)54(26-101)135-88)61-83(122)97-62-36-20-51(129-38-9-4-31(5-10-38)14-43(80(119)95-61)94-81(120)59(93)32-6-12-45(105)49(17-32)131-47)79(139-90-77(118)73(114)69(110)56(137-90)28-127-87-74(115)70(111)66(107)53(25-100)134-87)52(21-36)130-46-13-8-34(16-41(46)91)78(138-57-24-42(92)65(106)30(2)128-57)64-85(124)98-63(86(125)126-3)40-22-37(103)23-50(133-89-76(117)72(113)68(109)55(27-102)136-89)58(40)39-15-33(7-11-44(39)104)60(82(121)99-64)96-84(62)123/h4-13,15-23,30,42-43,53-57,59-78,87-90,100-118H,14,24-28,92-93H2,1-3H3,(H,94,120)(H,95,119)(H,96,123)(H,97,122)(H,98,124)(H,99,121). The van der Waals surface area contributed by atoms with E-state index < -0.39 is 378 Å². The summed E-state index contributed by atoms with van der Waals surface area (Å²) in [5, 5.41) is 228. The Morgan fingerprint density at radius 2 is 0.971 bits per heavy atom. The van der Waals surface area contributed by atoms with Crippen molar-refractivity contribution in [3.8, 4) is 80.1 Å². The van der Waals surface area contributed by atoms with Crippen LogP contribution in [-0.4, -0.2) is 331 Å². The fraction of sp³-hybridized carbons (Fsp3) is 0.456. The van der Waals surface area contributed by atoms with Crippen LogP contribution < -0.4 is 71.8 Å². The number of aliphatic hydroxyl groups excluding tert-OH is 16. The van der Waals surface area contributed by atoms with Gasteiger partial charge in [0.05, 0.1) is 50.8 Å². The number of phenolic OH excluding ortho intramolecular Hbond substituents is 3. The molecule has 5 fully saturated rings. The Bertz CT molecular complexity index is 5760. The van der Waals surface area contributed by atoms with E-state index in [0.29, 0.717) is 0 Å². The highest BCUT2D eigenvalue weighted by molar-refractivity contribution is 6.32. The molecule has 0 saturated carbocycles. The normalized spacial score (nSPS) is 34.2. The lowest BCUT2D eigenvalue weighted by Crippen LogP contribution is -2.62. The number of fused-ring (bicyclic) bond motifs is 14. The molecule has 0 aliphatic carbocycles.